The Morgan fingerprint density at radius 3 is 2.69 bits per heavy atom. The second-order valence-electron chi connectivity index (χ2n) is 8.75. The number of ether oxygens (including phenoxy) is 3. The molecular weight excluding hydrogens is 516 g/mol. The van der Waals surface area contributed by atoms with Gasteiger partial charge in [-0.25, -0.2) is 9.97 Å². The standard InChI is InChI=1S/C29H26N4O5S/c1-17(30)4-9-28-31-13-24(33-28)27-12-23-25(10-22(35-3)11-26(23)38-27)37-15-21-16-39-29(32-21)20-7-5-19(6-8-20)14-36-18(2)34/h4-13,16,30H,14-15H2,1-3H3,(H,31,33)/b9-4-,30-17?. The first-order valence-electron chi connectivity index (χ1n) is 12.1. The molecule has 5 rings (SSSR count). The van der Waals surface area contributed by atoms with E-state index in [1.165, 1.54) is 18.3 Å². The summed E-state index contributed by atoms with van der Waals surface area (Å²) in [5, 5.41) is 11.2. The summed E-state index contributed by atoms with van der Waals surface area (Å²) < 4.78 is 22.8. The van der Waals surface area contributed by atoms with E-state index in [0.717, 1.165) is 27.2 Å². The number of imidazole rings is 1. The van der Waals surface area contributed by atoms with Crippen LogP contribution in [0.15, 0.2) is 64.5 Å². The van der Waals surface area contributed by atoms with Crippen LogP contribution in [0.5, 0.6) is 11.5 Å². The number of hydrogen-bond acceptors (Lipinski definition) is 9. The minimum absolute atomic E-state index is 0.250. The molecule has 5 aromatic rings. The molecule has 2 aromatic carbocycles. The van der Waals surface area contributed by atoms with Gasteiger partial charge in [0.05, 0.1) is 18.2 Å². The van der Waals surface area contributed by atoms with Gasteiger partial charge in [0.1, 0.15) is 46.8 Å². The number of furan rings is 1. The van der Waals surface area contributed by atoms with E-state index in [2.05, 4.69) is 9.97 Å². The van der Waals surface area contributed by atoms with Crippen molar-refractivity contribution in [1.29, 1.82) is 5.41 Å². The van der Waals surface area contributed by atoms with E-state index < -0.39 is 0 Å². The van der Waals surface area contributed by atoms with Gasteiger partial charge in [-0.05, 0) is 30.7 Å². The molecule has 3 heterocycles. The number of aromatic amines is 1. The minimum atomic E-state index is -0.304. The summed E-state index contributed by atoms with van der Waals surface area (Å²) in [6.45, 7) is 3.61. The summed E-state index contributed by atoms with van der Waals surface area (Å²) in [6, 6.07) is 13.3. The van der Waals surface area contributed by atoms with Gasteiger partial charge in [0, 0.05) is 41.9 Å². The predicted octanol–water partition coefficient (Wildman–Crippen LogP) is 6.65. The maximum absolute atomic E-state index is 11.0. The third-order valence-corrected chi connectivity index (χ3v) is 6.66. The highest BCUT2D eigenvalue weighted by atomic mass is 32.1. The van der Waals surface area contributed by atoms with Gasteiger partial charge in [0.2, 0.25) is 0 Å². The van der Waals surface area contributed by atoms with E-state index in [4.69, 9.17) is 29.0 Å². The molecule has 0 aliphatic heterocycles. The zero-order chi connectivity index (χ0) is 27.4. The van der Waals surface area contributed by atoms with Crippen LogP contribution in [-0.4, -0.2) is 33.7 Å². The summed E-state index contributed by atoms with van der Waals surface area (Å²) >= 11 is 1.53. The summed E-state index contributed by atoms with van der Waals surface area (Å²) in [5.41, 5.74) is 4.38. The zero-order valence-corrected chi connectivity index (χ0v) is 22.4. The van der Waals surface area contributed by atoms with E-state index in [9.17, 15) is 4.79 Å². The van der Waals surface area contributed by atoms with Crippen LogP contribution in [0.2, 0.25) is 0 Å². The molecule has 0 fully saturated rings. The lowest BCUT2D eigenvalue weighted by atomic mass is 10.1. The molecule has 2 N–H and O–H groups in total. The molecule has 39 heavy (non-hydrogen) atoms. The molecule has 0 aliphatic carbocycles. The summed E-state index contributed by atoms with van der Waals surface area (Å²) in [4.78, 5) is 23.4. The molecular formula is C29H26N4O5S. The lowest BCUT2D eigenvalue weighted by molar-refractivity contribution is -0.142. The van der Waals surface area contributed by atoms with Gasteiger partial charge in [-0.15, -0.1) is 11.3 Å². The van der Waals surface area contributed by atoms with Crippen molar-refractivity contribution < 1.29 is 23.4 Å². The highest BCUT2D eigenvalue weighted by molar-refractivity contribution is 7.13. The van der Waals surface area contributed by atoms with Crippen molar-refractivity contribution in [1.82, 2.24) is 15.0 Å². The van der Waals surface area contributed by atoms with Crippen LogP contribution in [0.1, 0.15) is 30.9 Å². The number of fused-ring (bicyclic) bond motifs is 1. The van der Waals surface area contributed by atoms with Crippen LogP contribution < -0.4 is 9.47 Å². The second kappa shape index (κ2) is 11.4. The molecule has 198 valence electrons. The molecule has 3 aromatic heterocycles. The maximum Gasteiger partial charge on any atom is 0.302 e. The van der Waals surface area contributed by atoms with Gasteiger partial charge >= 0.3 is 5.97 Å². The number of rotatable bonds is 10. The monoisotopic (exact) mass is 542 g/mol. The SMILES string of the molecule is COc1cc(OCc2csc(-c3ccc(COC(C)=O)cc3)n2)c2cc(-c3c[nH]c(/C=C\C(C)=N)n3)oc2c1. The number of aromatic nitrogens is 3. The van der Waals surface area contributed by atoms with Gasteiger partial charge in [0.25, 0.3) is 0 Å². The largest absolute Gasteiger partial charge is 0.496 e. The molecule has 0 saturated heterocycles. The van der Waals surface area contributed by atoms with Crippen molar-refractivity contribution >= 4 is 40.1 Å². The van der Waals surface area contributed by atoms with Crippen molar-refractivity contribution in [2.24, 2.45) is 0 Å². The number of benzene rings is 2. The van der Waals surface area contributed by atoms with Crippen molar-refractivity contribution in [3.05, 3.63) is 77.2 Å². The Balaban J connectivity index is 1.33. The van der Waals surface area contributed by atoms with E-state index >= 15 is 0 Å². The summed E-state index contributed by atoms with van der Waals surface area (Å²) in [5.74, 6) is 2.13. The smallest absolute Gasteiger partial charge is 0.302 e. The Kier molecular flexibility index (Phi) is 7.55. The lowest BCUT2D eigenvalue weighted by Gasteiger charge is -2.08. The first kappa shape index (κ1) is 25.9. The van der Waals surface area contributed by atoms with Crippen LogP contribution in [0.4, 0.5) is 0 Å². The molecule has 9 nitrogen and oxygen atoms in total. The topological polar surface area (TPSA) is 123 Å². The number of nitrogens with one attached hydrogen (secondary N) is 2. The van der Waals surface area contributed by atoms with Crippen molar-refractivity contribution in [3.8, 4) is 33.5 Å². The van der Waals surface area contributed by atoms with E-state index in [1.807, 2.05) is 47.8 Å². The van der Waals surface area contributed by atoms with Crippen LogP contribution in [0, 0.1) is 5.41 Å². The van der Waals surface area contributed by atoms with E-state index in [-0.39, 0.29) is 19.2 Å². The first-order chi connectivity index (χ1) is 18.9. The number of carbonyl (C=O) groups excluding carboxylic acids is 1. The molecule has 0 atom stereocenters. The van der Waals surface area contributed by atoms with Gasteiger partial charge in [-0.2, -0.15) is 0 Å². The third kappa shape index (κ3) is 6.24. The number of esters is 1. The lowest BCUT2D eigenvalue weighted by Crippen LogP contribution is -1.98. The molecule has 0 saturated carbocycles. The van der Waals surface area contributed by atoms with Crippen LogP contribution in [-0.2, 0) is 22.7 Å². The number of nitrogens with zero attached hydrogens (tertiary/aromatic N) is 2. The van der Waals surface area contributed by atoms with E-state index in [1.54, 1.807) is 32.4 Å². The Morgan fingerprint density at radius 2 is 1.95 bits per heavy atom. The van der Waals surface area contributed by atoms with Crippen LogP contribution in [0.3, 0.4) is 0 Å². The zero-order valence-electron chi connectivity index (χ0n) is 21.6. The maximum atomic E-state index is 11.0. The number of allylic oxidation sites excluding steroid dienone is 1. The van der Waals surface area contributed by atoms with Crippen LogP contribution in [0.25, 0.3) is 39.1 Å². The third-order valence-electron chi connectivity index (χ3n) is 5.72. The Labute approximate surface area is 228 Å². The van der Waals surface area contributed by atoms with Gasteiger partial charge < -0.3 is 29.0 Å². The highest BCUT2D eigenvalue weighted by Gasteiger charge is 2.16. The van der Waals surface area contributed by atoms with Crippen molar-refractivity contribution in [3.63, 3.8) is 0 Å². The fraction of sp³-hybridized carbons (Fsp3) is 0.172. The molecule has 0 amide bonds. The quantitative estimate of drug-likeness (QED) is 0.150. The van der Waals surface area contributed by atoms with Gasteiger partial charge in [-0.3, -0.25) is 4.79 Å². The predicted molar refractivity (Wildman–Crippen MR) is 150 cm³/mol. The van der Waals surface area contributed by atoms with E-state index in [0.29, 0.717) is 40.1 Å². The second-order valence-corrected chi connectivity index (χ2v) is 9.60. The van der Waals surface area contributed by atoms with Crippen LogP contribution >= 0.6 is 11.3 Å². The summed E-state index contributed by atoms with van der Waals surface area (Å²) in [7, 11) is 1.59. The average Bonchev–Trinajstić information content (AvgIpc) is 3.69. The van der Waals surface area contributed by atoms with Gasteiger partial charge in [0.15, 0.2) is 5.76 Å². The van der Waals surface area contributed by atoms with Gasteiger partial charge in [-0.1, -0.05) is 24.3 Å². The molecule has 0 unspecified atom stereocenters. The molecule has 0 aliphatic rings. The Bertz CT molecular complexity index is 1660. The minimum Gasteiger partial charge on any atom is -0.496 e. The van der Waals surface area contributed by atoms with Crippen molar-refractivity contribution in [2.75, 3.05) is 7.11 Å². The molecule has 0 radical (unpaired) electrons. The molecule has 10 heteroatoms. The molecule has 0 spiro atoms. The number of carbonyl (C=O) groups is 1. The number of H-pyrrole nitrogens is 1. The Morgan fingerprint density at radius 1 is 1.13 bits per heavy atom. The average molecular weight is 543 g/mol. The first-order valence-corrected chi connectivity index (χ1v) is 13.0. The fourth-order valence-corrected chi connectivity index (χ4v) is 4.59. The number of thiazole rings is 1. The number of methoxy groups -OCH3 is 1. The highest BCUT2D eigenvalue weighted by Crippen LogP contribution is 2.37. The van der Waals surface area contributed by atoms with Crippen molar-refractivity contribution in [2.45, 2.75) is 27.1 Å². The normalized spacial score (nSPS) is 11.3. The molecule has 0 bridgehead atoms. The Hall–Kier alpha value is -4.70. The summed E-state index contributed by atoms with van der Waals surface area (Å²) in [6.07, 6.45) is 5.17. The number of hydrogen-bond donors (Lipinski definition) is 2. The fourth-order valence-electron chi connectivity index (χ4n) is 3.78.